The Balaban J connectivity index is -0.000000180. The van der Waals surface area contributed by atoms with E-state index < -0.39 is 50.1 Å². The molecule has 0 aromatic rings. The zero-order chi connectivity index (χ0) is 15.7. The Morgan fingerprint density at radius 3 is 0.840 bits per heavy atom. The van der Waals surface area contributed by atoms with Gasteiger partial charge in [-0.3, -0.25) is 0 Å². The predicted octanol–water partition coefficient (Wildman–Crippen LogP) is -18.3. The summed E-state index contributed by atoms with van der Waals surface area (Å²) in [7, 11) is 0. The van der Waals surface area contributed by atoms with Crippen LogP contribution in [0.25, 0.3) is 0 Å². The van der Waals surface area contributed by atoms with E-state index in [9.17, 15) is 39.6 Å². The minimum atomic E-state index is -1.48. The van der Waals surface area contributed by atoms with E-state index in [0.717, 1.165) is 0 Å². The van der Waals surface area contributed by atoms with Crippen LogP contribution in [0.3, 0.4) is 0 Å². The molecule has 0 aromatic carbocycles. The molecule has 130 valence electrons. The molecule has 15 heteroatoms. The van der Waals surface area contributed by atoms with Crippen molar-refractivity contribution in [3.05, 3.63) is 0 Å². The van der Waals surface area contributed by atoms with Gasteiger partial charge in [-0.2, -0.15) is 0 Å². The summed E-state index contributed by atoms with van der Waals surface area (Å²) >= 11 is 0. The summed E-state index contributed by atoms with van der Waals surface area (Å²) in [6.07, 6.45) is 0. The summed E-state index contributed by atoms with van der Waals surface area (Å²) < 4.78 is 0. The van der Waals surface area contributed by atoms with Crippen LogP contribution in [0.15, 0.2) is 0 Å². The van der Waals surface area contributed by atoms with Crippen LogP contribution >= 0.6 is 0 Å². The number of hydrogen-bond donors (Lipinski definition) is 2. The van der Waals surface area contributed by atoms with Crippen molar-refractivity contribution in [2.75, 3.05) is 39.3 Å². The van der Waals surface area contributed by atoms with E-state index >= 15 is 0 Å². The predicted molar refractivity (Wildman–Crippen MR) is 64.1 cm³/mol. The molecule has 0 aliphatic carbocycles. The van der Waals surface area contributed by atoms with E-state index in [0.29, 0.717) is 0 Å². The summed E-state index contributed by atoms with van der Waals surface area (Å²) in [5, 5.41) is 41.7. The van der Waals surface area contributed by atoms with E-state index in [1.165, 1.54) is 0 Å². The molecule has 12 nitrogen and oxygen atoms in total. The Morgan fingerprint density at radius 2 is 0.720 bits per heavy atom. The quantitative estimate of drug-likeness (QED) is 0.308. The number of hydrogen-bond acceptors (Lipinski definition) is 8. The molecule has 0 aliphatic rings. The molecule has 0 rings (SSSR count). The molecule has 25 heavy (non-hydrogen) atoms. The van der Waals surface area contributed by atoms with Crippen molar-refractivity contribution in [1.82, 2.24) is 0 Å². The van der Waals surface area contributed by atoms with Crippen LogP contribution in [-0.2, 0) is 19.2 Å². The zero-order valence-corrected chi connectivity index (χ0v) is 20.4. The van der Waals surface area contributed by atoms with Crippen molar-refractivity contribution in [2.45, 2.75) is 0 Å². The van der Waals surface area contributed by atoms with Crippen LogP contribution in [0.4, 0.5) is 0 Å². The molecule has 0 heterocycles. The minimum absolute atomic E-state index is 0. The van der Waals surface area contributed by atoms with Gasteiger partial charge in [-0.15, -0.1) is 0 Å². The van der Waals surface area contributed by atoms with E-state index in [2.05, 4.69) is 0 Å². The molecule has 0 bridgehead atoms. The maximum atomic E-state index is 10.4. The molecule has 0 saturated heterocycles. The Hall–Kier alpha value is 0.980. The van der Waals surface area contributed by atoms with Gasteiger partial charge in [-0.25, -0.2) is 0 Å². The molecule has 0 saturated carbocycles. The van der Waals surface area contributed by atoms with Crippen LogP contribution < -0.4 is 89.3 Å². The number of rotatable bonds is 11. The van der Waals surface area contributed by atoms with Gasteiger partial charge in [0.2, 0.25) is 0 Å². The summed E-state index contributed by atoms with van der Waals surface area (Å²) in [5.74, 6) is -5.93. The van der Waals surface area contributed by atoms with E-state index in [-0.39, 0.29) is 131 Å². The van der Waals surface area contributed by atoms with E-state index in [1.54, 1.807) is 0 Å². The average Bonchev–Trinajstić information content (AvgIpc) is 2.22. The van der Waals surface area contributed by atoms with E-state index in [4.69, 9.17) is 0 Å². The smallest absolute Gasteiger partial charge is 0.544 e. The Bertz CT molecular complexity index is 334. The van der Waals surface area contributed by atoms with Gasteiger partial charge >= 0.3 is 96.9 Å². The normalized spacial score (nSPS) is 8.56. The SMILES string of the molecule is O.O.O=C([O-])C[NH+](CC[NH+](CC(=O)[O-])CC(=O)[O-])CC(=O)[O-].[Ca+2].[Na+].[Na+]. The summed E-state index contributed by atoms with van der Waals surface area (Å²) in [4.78, 5) is 41.8. The fourth-order valence-electron chi connectivity index (χ4n) is 1.65. The minimum Gasteiger partial charge on any atom is -0.544 e. The molecule has 0 aromatic heterocycles. The Labute approximate surface area is 217 Å². The molecule has 0 fully saturated rings. The first-order chi connectivity index (χ1) is 9.20. The fourth-order valence-corrected chi connectivity index (χ4v) is 1.65. The number of carbonyl (C=O) groups excluding carboxylic acids is 4. The summed E-state index contributed by atoms with van der Waals surface area (Å²) in [5.41, 5.74) is 0. The second kappa shape index (κ2) is 23.0. The van der Waals surface area contributed by atoms with Crippen molar-refractivity contribution in [3.63, 3.8) is 0 Å². The van der Waals surface area contributed by atoms with Gasteiger partial charge in [0.15, 0.2) is 0 Å². The largest absolute Gasteiger partial charge is 2.00 e. The van der Waals surface area contributed by atoms with Gasteiger partial charge in [0, 0.05) is 0 Å². The molecule has 0 aliphatic heterocycles. The van der Waals surface area contributed by atoms with Gasteiger partial charge in [0.25, 0.3) is 0 Å². The third-order valence-electron chi connectivity index (χ3n) is 2.41. The summed E-state index contributed by atoms with van der Waals surface area (Å²) in [6.45, 7) is -2.62. The number of carbonyl (C=O) groups is 4. The third-order valence-corrected chi connectivity index (χ3v) is 2.41. The molecule has 6 N–H and O–H groups in total. The first-order valence-electron chi connectivity index (χ1n) is 5.67. The van der Waals surface area contributed by atoms with E-state index in [1.807, 2.05) is 0 Å². The van der Waals surface area contributed by atoms with Crippen molar-refractivity contribution in [1.29, 1.82) is 0 Å². The van der Waals surface area contributed by atoms with Crippen LogP contribution in [0, 0.1) is 0 Å². The molecule has 0 radical (unpaired) electrons. The second-order valence-electron chi connectivity index (χ2n) is 4.20. The zero-order valence-electron chi connectivity index (χ0n) is 14.2. The van der Waals surface area contributed by atoms with Crippen LogP contribution in [-0.4, -0.2) is 112 Å². The first kappa shape index (κ1) is 40.6. The molecule has 0 unspecified atom stereocenters. The number of aliphatic carboxylic acids is 4. The van der Waals surface area contributed by atoms with Gasteiger partial charge < -0.3 is 60.4 Å². The van der Waals surface area contributed by atoms with Crippen molar-refractivity contribution >= 4 is 61.6 Å². The maximum Gasteiger partial charge on any atom is 2.00 e. The van der Waals surface area contributed by atoms with Gasteiger partial charge in [-0.05, 0) is 0 Å². The average molecular weight is 412 g/mol. The van der Waals surface area contributed by atoms with Gasteiger partial charge in [0.05, 0.1) is 23.9 Å². The topological polar surface area (TPSA) is 232 Å². The van der Waals surface area contributed by atoms with Gasteiger partial charge in [0.1, 0.15) is 39.3 Å². The number of nitrogens with one attached hydrogen (secondary N) is 2. The standard InChI is InChI=1S/C10H16N2O8.Ca.2Na.2H2O/c13-7(14)3-11(4-8(15)16)1-2-12(5-9(17)18)6-10(19)20;;;;;/h1-6H2,(H,13,14)(H,15,16)(H,17,18)(H,19,20);;;;2*1H2/q;+2;2*+1;;/p-2. The Kier molecular flexibility index (Phi) is 37.4. The second-order valence-corrected chi connectivity index (χ2v) is 4.20. The molecule has 0 spiro atoms. The summed E-state index contributed by atoms with van der Waals surface area (Å²) in [6, 6.07) is 0. The maximum absolute atomic E-state index is 10.4. The van der Waals surface area contributed by atoms with Crippen molar-refractivity contribution in [3.8, 4) is 0 Å². The fraction of sp³-hybridized carbons (Fsp3) is 0.600. The Morgan fingerprint density at radius 1 is 0.560 bits per heavy atom. The van der Waals surface area contributed by atoms with Crippen LogP contribution in [0.5, 0.6) is 0 Å². The number of quaternary nitrogens is 2. The van der Waals surface area contributed by atoms with Gasteiger partial charge in [-0.1, -0.05) is 0 Å². The molecular formula is C10H18CaN2Na2O10+2. The third kappa shape index (κ3) is 27.3. The number of carboxylic acids is 4. The van der Waals surface area contributed by atoms with Crippen molar-refractivity contribution < 1.29 is 119 Å². The van der Waals surface area contributed by atoms with Crippen LogP contribution in [0.1, 0.15) is 0 Å². The van der Waals surface area contributed by atoms with Crippen molar-refractivity contribution in [2.24, 2.45) is 0 Å². The first-order valence-corrected chi connectivity index (χ1v) is 5.67. The molecule has 0 amide bonds. The van der Waals surface area contributed by atoms with Crippen LogP contribution in [0.2, 0.25) is 0 Å². The monoisotopic (exact) mass is 412 g/mol. The molecular weight excluding hydrogens is 394 g/mol. The number of carboxylic acid groups (broad SMARTS) is 4. The molecule has 0 atom stereocenters.